The standard InChI is InChI=1S/C15H16ClFN4/c1-2-3-4-14-20-13(15(16)21-14)9-19-12-6-5-11(17)7-10(12)8-18/h5-7,19H,2-4,9H2,1H3,(H,20,21). The van der Waals surface area contributed by atoms with Gasteiger partial charge in [-0.1, -0.05) is 24.9 Å². The summed E-state index contributed by atoms with van der Waals surface area (Å²) in [5.41, 5.74) is 1.59. The van der Waals surface area contributed by atoms with Crippen molar-refractivity contribution in [3.05, 3.63) is 46.3 Å². The van der Waals surface area contributed by atoms with Crippen LogP contribution < -0.4 is 5.32 Å². The maximum atomic E-state index is 13.1. The van der Waals surface area contributed by atoms with Crippen molar-refractivity contribution in [2.45, 2.75) is 32.7 Å². The smallest absolute Gasteiger partial charge is 0.152 e. The topological polar surface area (TPSA) is 64.5 Å². The average molecular weight is 307 g/mol. The molecule has 2 aromatic rings. The van der Waals surface area contributed by atoms with Gasteiger partial charge in [0.2, 0.25) is 0 Å². The first-order valence-electron chi connectivity index (χ1n) is 6.80. The maximum absolute atomic E-state index is 13.1. The molecule has 110 valence electrons. The number of halogens is 2. The van der Waals surface area contributed by atoms with E-state index in [1.54, 1.807) is 0 Å². The zero-order valence-electron chi connectivity index (χ0n) is 11.7. The number of aromatic nitrogens is 2. The highest BCUT2D eigenvalue weighted by Gasteiger charge is 2.09. The van der Waals surface area contributed by atoms with Crippen LogP contribution in [0, 0.1) is 17.1 Å². The molecular weight excluding hydrogens is 291 g/mol. The van der Waals surface area contributed by atoms with Crippen LogP contribution in [0.4, 0.5) is 10.1 Å². The first-order valence-corrected chi connectivity index (χ1v) is 7.18. The third-order valence-corrected chi connectivity index (χ3v) is 3.41. The van der Waals surface area contributed by atoms with Gasteiger partial charge in [-0.05, 0) is 24.6 Å². The van der Waals surface area contributed by atoms with Crippen molar-refractivity contribution in [3.8, 4) is 6.07 Å². The Hall–Kier alpha value is -2.06. The van der Waals surface area contributed by atoms with Crippen LogP contribution in [0.2, 0.25) is 5.15 Å². The number of aryl methyl sites for hydroxylation is 1. The molecule has 0 amide bonds. The van der Waals surface area contributed by atoms with E-state index in [2.05, 4.69) is 22.2 Å². The summed E-state index contributed by atoms with van der Waals surface area (Å²) in [6, 6.07) is 6.00. The maximum Gasteiger partial charge on any atom is 0.152 e. The Kier molecular flexibility index (Phi) is 5.18. The molecule has 0 saturated carbocycles. The molecule has 0 fully saturated rings. The summed E-state index contributed by atoms with van der Waals surface area (Å²) in [6.45, 7) is 2.52. The highest BCUT2D eigenvalue weighted by Crippen LogP contribution is 2.19. The van der Waals surface area contributed by atoms with Crippen LogP contribution in [-0.2, 0) is 13.0 Å². The average Bonchev–Trinajstić information content (AvgIpc) is 2.84. The molecule has 0 aliphatic carbocycles. The van der Waals surface area contributed by atoms with Crippen LogP contribution in [-0.4, -0.2) is 9.97 Å². The molecule has 2 N–H and O–H groups in total. The van der Waals surface area contributed by atoms with Crippen molar-refractivity contribution in [1.29, 1.82) is 5.26 Å². The van der Waals surface area contributed by atoms with Gasteiger partial charge in [-0.25, -0.2) is 9.37 Å². The summed E-state index contributed by atoms with van der Waals surface area (Å²) in [5.74, 6) is 0.428. The van der Waals surface area contributed by atoms with Crippen molar-refractivity contribution in [1.82, 2.24) is 9.97 Å². The zero-order valence-corrected chi connectivity index (χ0v) is 12.5. The predicted octanol–water partition coefficient (Wildman–Crippen LogP) is 4.03. The third-order valence-electron chi connectivity index (χ3n) is 3.10. The van der Waals surface area contributed by atoms with E-state index in [1.807, 2.05) is 6.07 Å². The Morgan fingerprint density at radius 3 is 3.00 bits per heavy atom. The second-order valence-corrected chi connectivity index (χ2v) is 5.07. The lowest BCUT2D eigenvalue weighted by Crippen LogP contribution is -2.02. The van der Waals surface area contributed by atoms with Crippen LogP contribution in [0.1, 0.15) is 36.8 Å². The monoisotopic (exact) mass is 306 g/mol. The molecule has 4 nitrogen and oxygen atoms in total. The second-order valence-electron chi connectivity index (χ2n) is 4.71. The number of hydrogen-bond acceptors (Lipinski definition) is 3. The van der Waals surface area contributed by atoms with E-state index in [0.717, 1.165) is 30.8 Å². The number of aromatic amines is 1. The van der Waals surface area contributed by atoms with Gasteiger partial charge in [0.25, 0.3) is 0 Å². The molecule has 1 heterocycles. The molecule has 0 atom stereocenters. The molecule has 1 aromatic heterocycles. The minimum atomic E-state index is -0.432. The molecule has 0 aliphatic rings. The predicted molar refractivity (Wildman–Crippen MR) is 80.7 cm³/mol. The largest absolute Gasteiger partial charge is 0.378 e. The van der Waals surface area contributed by atoms with Crippen LogP contribution in [0.25, 0.3) is 0 Å². The Bertz CT molecular complexity index is 660. The van der Waals surface area contributed by atoms with Crippen LogP contribution in [0.15, 0.2) is 18.2 Å². The van der Waals surface area contributed by atoms with E-state index >= 15 is 0 Å². The summed E-state index contributed by atoms with van der Waals surface area (Å²) in [5, 5.41) is 12.5. The first-order chi connectivity index (χ1) is 10.1. The molecule has 0 bridgehead atoms. The Labute approximate surface area is 128 Å². The van der Waals surface area contributed by atoms with E-state index in [4.69, 9.17) is 16.9 Å². The number of H-pyrrole nitrogens is 1. The van der Waals surface area contributed by atoms with Gasteiger partial charge in [0.15, 0.2) is 5.15 Å². The molecular formula is C15H16ClFN4. The molecule has 0 radical (unpaired) electrons. The lowest BCUT2D eigenvalue weighted by atomic mass is 10.2. The number of anilines is 1. The fourth-order valence-electron chi connectivity index (χ4n) is 1.97. The lowest BCUT2D eigenvalue weighted by Gasteiger charge is -2.07. The van der Waals surface area contributed by atoms with Gasteiger partial charge in [-0.3, -0.25) is 0 Å². The van der Waals surface area contributed by atoms with E-state index in [0.29, 0.717) is 17.4 Å². The van der Waals surface area contributed by atoms with Crippen LogP contribution >= 0.6 is 11.6 Å². The summed E-state index contributed by atoms with van der Waals surface area (Å²) in [7, 11) is 0. The summed E-state index contributed by atoms with van der Waals surface area (Å²) < 4.78 is 13.1. The second kappa shape index (κ2) is 7.09. The first kappa shape index (κ1) is 15.3. The van der Waals surface area contributed by atoms with Crippen LogP contribution in [0.3, 0.4) is 0 Å². The quantitative estimate of drug-likeness (QED) is 0.847. The van der Waals surface area contributed by atoms with E-state index < -0.39 is 5.82 Å². The Morgan fingerprint density at radius 1 is 1.48 bits per heavy atom. The van der Waals surface area contributed by atoms with E-state index in [9.17, 15) is 4.39 Å². The fraction of sp³-hybridized carbons (Fsp3) is 0.333. The third kappa shape index (κ3) is 3.96. The SMILES string of the molecule is CCCCc1nc(Cl)c(CNc2ccc(F)cc2C#N)[nH]1. The molecule has 0 unspecified atom stereocenters. The molecule has 0 aliphatic heterocycles. The summed E-state index contributed by atoms with van der Waals surface area (Å²) in [6.07, 6.45) is 3.00. The Balaban J connectivity index is 2.06. The molecule has 6 heteroatoms. The molecule has 21 heavy (non-hydrogen) atoms. The van der Waals surface area contributed by atoms with E-state index in [1.165, 1.54) is 18.2 Å². The number of nitrogens with one attached hydrogen (secondary N) is 2. The summed E-state index contributed by atoms with van der Waals surface area (Å²) >= 11 is 6.08. The van der Waals surface area contributed by atoms with Gasteiger partial charge >= 0.3 is 0 Å². The molecule has 0 spiro atoms. The van der Waals surface area contributed by atoms with Crippen LogP contribution in [0.5, 0.6) is 0 Å². The van der Waals surface area contributed by atoms with Gasteiger partial charge in [0.1, 0.15) is 17.7 Å². The fourth-order valence-corrected chi connectivity index (χ4v) is 2.18. The van der Waals surface area contributed by atoms with Gasteiger partial charge in [0, 0.05) is 6.42 Å². The highest BCUT2D eigenvalue weighted by molar-refractivity contribution is 6.30. The number of hydrogen-bond donors (Lipinski definition) is 2. The minimum absolute atomic E-state index is 0.261. The number of imidazole rings is 1. The van der Waals surface area contributed by atoms with Gasteiger partial charge in [-0.15, -0.1) is 0 Å². The molecule has 1 aromatic carbocycles. The van der Waals surface area contributed by atoms with Gasteiger partial charge < -0.3 is 10.3 Å². The number of benzene rings is 1. The number of nitriles is 1. The highest BCUT2D eigenvalue weighted by atomic mass is 35.5. The summed E-state index contributed by atoms with van der Waals surface area (Å²) in [4.78, 5) is 7.43. The van der Waals surface area contributed by atoms with Crippen molar-refractivity contribution in [2.24, 2.45) is 0 Å². The zero-order chi connectivity index (χ0) is 15.2. The van der Waals surface area contributed by atoms with Crippen molar-refractivity contribution in [2.75, 3.05) is 5.32 Å². The normalized spacial score (nSPS) is 10.4. The van der Waals surface area contributed by atoms with Gasteiger partial charge in [0.05, 0.1) is 23.5 Å². The van der Waals surface area contributed by atoms with E-state index in [-0.39, 0.29) is 5.56 Å². The van der Waals surface area contributed by atoms with Gasteiger partial charge in [-0.2, -0.15) is 5.26 Å². The van der Waals surface area contributed by atoms with Crippen molar-refractivity contribution in [3.63, 3.8) is 0 Å². The molecule has 2 rings (SSSR count). The molecule has 0 saturated heterocycles. The van der Waals surface area contributed by atoms with Crippen molar-refractivity contribution >= 4 is 17.3 Å². The number of rotatable bonds is 6. The lowest BCUT2D eigenvalue weighted by molar-refractivity contribution is 0.627. The minimum Gasteiger partial charge on any atom is -0.378 e. The number of nitrogens with zero attached hydrogens (tertiary/aromatic N) is 2. The number of unbranched alkanes of at least 4 members (excludes halogenated alkanes) is 1. The van der Waals surface area contributed by atoms with Crippen molar-refractivity contribution < 1.29 is 4.39 Å². The Morgan fingerprint density at radius 2 is 2.29 bits per heavy atom.